The van der Waals surface area contributed by atoms with Crippen molar-refractivity contribution in [3.63, 3.8) is 0 Å². The van der Waals surface area contributed by atoms with E-state index in [2.05, 4.69) is 21.3 Å². The van der Waals surface area contributed by atoms with Gasteiger partial charge in [-0.25, -0.2) is 0 Å². The van der Waals surface area contributed by atoms with Gasteiger partial charge in [-0.15, -0.1) is 6.58 Å². The lowest BCUT2D eigenvalue weighted by atomic mass is 10.0. The third-order valence-corrected chi connectivity index (χ3v) is 1.63. The zero-order chi connectivity index (χ0) is 10.1. The van der Waals surface area contributed by atoms with Crippen LogP contribution in [0.4, 0.5) is 0 Å². The molecule has 0 aromatic rings. The molecule has 0 fully saturated rings. The van der Waals surface area contributed by atoms with Crippen molar-refractivity contribution in [2.24, 2.45) is 11.0 Å². The van der Waals surface area contributed by atoms with Crippen LogP contribution < -0.4 is 0 Å². The first kappa shape index (κ1) is 11.5. The highest BCUT2D eigenvalue weighted by Crippen LogP contribution is 2.11. The third kappa shape index (κ3) is 4.87. The van der Waals surface area contributed by atoms with E-state index in [1.54, 1.807) is 6.08 Å². The van der Waals surface area contributed by atoms with E-state index in [1.807, 2.05) is 0 Å². The highest BCUT2D eigenvalue weighted by atomic mass is 16.5. The minimum Gasteiger partial charge on any atom is -0.469 e. The smallest absolute Gasteiger partial charge is 0.308 e. The predicted octanol–water partition coefficient (Wildman–Crippen LogP) is 2.05. The first-order valence-corrected chi connectivity index (χ1v) is 3.95. The molecule has 0 aromatic heterocycles. The van der Waals surface area contributed by atoms with Gasteiger partial charge in [-0.05, 0) is 18.4 Å². The van der Waals surface area contributed by atoms with Crippen LogP contribution in [0.15, 0.2) is 17.8 Å². The summed E-state index contributed by atoms with van der Waals surface area (Å²) in [4.78, 5) is 13.7. The molecule has 0 radical (unpaired) electrons. The van der Waals surface area contributed by atoms with Crippen LogP contribution in [0.25, 0.3) is 10.4 Å². The zero-order valence-electron chi connectivity index (χ0n) is 7.64. The summed E-state index contributed by atoms with van der Waals surface area (Å²) in [5.74, 6) is -0.527. The van der Waals surface area contributed by atoms with Gasteiger partial charge in [-0.1, -0.05) is 11.2 Å². The maximum atomic E-state index is 11.1. The van der Waals surface area contributed by atoms with Crippen LogP contribution in [-0.4, -0.2) is 19.6 Å². The summed E-state index contributed by atoms with van der Waals surface area (Å²) in [6.07, 6.45) is 2.70. The lowest BCUT2D eigenvalue weighted by Gasteiger charge is -2.09. The number of methoxy groups -OCH3 is 1. The van der Waals surface area contributed by atoms with Crippen molar-refractivity contribution in [3.05, 3.63) is 23.1 Å². The van der Waals surface area contributed by atoms with Gasteiger partial charge in [0.15, 0.2) is 0 Å². The third-order valence-electron chi connectivity index (χ3n) is 1.63. The second-order valence-corrected chi connectivity index (χ2v) is 2.49. The maximum absolute atomic E-state index is 11.1. The molecule has 0 aliphatic rings. The average Bonchev–Trinajstić information content (AvgIpc) is 2.16. The molecular formula is C8H13N3O2. The van der Waals surface area contributed by atoms with Gasteiger partial charge in [0.25, 0.3) is 0 Å². The SMILES string of the molecule is C=CCC(CCN=[N+]=[N-])C(=O)OC. The van der Waals surface area contributed by atoms with Gasteiger partial charge in [-0.3, -0.25) is 4.79 Å². The van der Waals surface area contributed by atoms with Crippen molar-refractivity contribution >= 4 is 5.97 Å². The number of hydrogen-bond acceptors (Lipinski definition) is 3. The van der Waals surface area contributed by atoms with E-state index < -0.39 is 0 Å². The number of nitrogens with zero attached hydrogens (tertiary/aromatic N) is 3. The van der Waals surface area contributed by atoms with Crippen molar-refractivity contribution in [2.45, 2.75) is 12.8 Å². The highest BCUT2D eigenvalue weighted by Gasteiger charge is 2.16. The molecule has 1 unspecified atom stereocenters. The lowest BCUT2D eigenvalue weighted by molar-refractivity contribution is -0.145. The Balaban J connectivity index is 4.00. The van der Waals surface area contributed by atoms with Gasteiger partial charge in [0.05, 0.1) is 13.0 Å². The zero-order valence-corrected chi connectivity index (χ0v) is 7.64. The van der Waals surface area contributed by atoms with Crippen LogP contribution in [0.3, 0.4) is 0 Å². The number of esters is 1. The number of azide groups is 1. The van der Waals surface area contributed by atoms with Crippen molar-refractivity contribution in [3.8, 4) is 0 Å². The van der Waals surface area contributed by atoms with Crippen LogP contribution >= 0.6 is 0 Å². The fourth-order valence-electron chi connectivity index (χ4n) is 0.958. The van der Waals surface area contributed by atoms with Gasteiger partial charge < -0.3 is 4.74 Å². The van der Waals surface area contributed by atoms with E-state index in [9.17, 15) is 4.79 Å². The Morgan fingerprint density at radius 3 is 3.00 bits per heavy atom. The second kappa shape index (κ2) is 7.18. The van der Waals surface area contributed by atoms with E-state index >= 15 is 0 Å². The Morgan fingerprint density at radius 2 is 2.54 bits per heavy atom. The number of carbonyl (C=O) groups is 1. The Labute approximate surface area is 77.0 Å². The highest BCUT2D eigenvalue weighted by molar-refractivity contribution is 5.72. The topological polar surface area (TPSA) is 75.1 Å². The fraction of sp³-hybridized carbons (Fsp3) is 0.625. The predicted molar refractivity (Wildman–Crippen MR) is 49.0 cm³/mol. The molecule has 72 valence electrons. The maximum Gasteiger partial charge on any atom is 0.308 e. The first-order valence-electron chi connectivity index (χ1n) is 3.95. The largest absolute Gasteiger partial charge is 0.469 e. The number of rotatable bonds is 6. The Kier molecular flexibility index (Phi) is 6.37. The Bertz CT molecular complexity index is 221. The molecule has 0 aromatic carbocycles. The van der Waals surface area contributed by atoms with Gasteiger partial charge in [-0.2, -0.15) is 0 Å². The molecule has 0 aliphatic heterocycles. The van der Waals surface area contributed by atoms with Crippen LogP contribution in [-0.2, 0) is 9.53 Å². The quantitative estimate of drug-likeness (QED) is 0.208. The molecule has 0 saturated heterocycles. The van der Waals surface area contributed by atoms with E-state index in [0.717, 1.165) is 0 Å². The summed E-state index contributed by atoms with van der Waals surface area (Å²) in [6.45, 7) is 3.84. The minimum atomic E-state index is -0.284. The summed E-state index contributed by atoms with van der Waals surface area (Å²) in [5.41, 5.74) is 8.03. The van der Waals surface area contributed by atoms with Crippen LogP contribution in [0.5, 0.6) is 0 Å². The van der Waals surface area contributed by atoms with Gasteiger partial charge in [0.1, 0.15) is 0 Å². The Morgan fingerprint density at radius 1 is 1.85 bits per heavy atom. The van der Waals surface area contributed by atoms with Gasteiger partial charge in [0.2, 0.25) is 0 Å². The van der Waals surface area contributed by atoms with Crippen molar-refractivity contribution in [2.75, 3.05) is 13.7 Å². The molecular weight excluding hydrogens is 170 g/mol. The standard InChI is InChI=1S/C8H13N3O2/c1-3-4-7(8(12)13-2)5-6-10-11-9/h3,7H,1,4-6H2,2H3. The van der Waals surface area contributed by atoms with Crippen LogP contribution in [0, 0.1) is 5.92 Å². The average molecular weight is 183 g/mol. The first-order chi connectivity index (χ1) is 6.26. The number of ether oxygens (including phenoxy) is 1. The van der Waals surface area contributed by atoms with E-state index in [1.165, 1.54) is 7.11 Å². The molecule has 0 aliphatic carbocycles. The van der Waals surface area contributed by atoms with E-state index in [4.69, 9.17) is 5.53 Å². The molecule has 0 saturated carbocycles. The Hall–Kier alpha value is -1.48. The minimum absolute atomic E-state index is 0.243. The summed E-state index contributed by atoms with van der Waals surface area (Å²) >= 11 is 0. The molecule has 5 heteroatoms. The molecule has 0 N–H and O–H groups in total. The second-order valence-electron chi connectivity index (χ2n) is 2.49. The molecule has 0 amide bonds. The summed E-state index contributed by atoms with van der Waals surface area (Å²) in [5, 5.41) is 3.35. The fourth-order valence-corrected chi connectivity index (χ4v) is 0.958. The monoisotopic (exact) mass is 183 g/mol. The van der Waals surface area contributed by atoms with Crippen molar-refractivity contribution in [1.82, 2.24) is 0 Å². The molecule has 0 bridgehead atoms. The molecule has 0 rings (SSSR count). The molecule has 0 spiro atoms. The van der Waals surface area contributed by atoms with Crippen LogP contribution in [0.2, 0.25) is 0 Å². The van der Waals surface area contributed by atoms with Crippen molar-refractivity contribution < 1.29 is 9.53 Å². The normalized spacial score (nSPS) is 11.2. The van der Waals surface area contributed by atoms with Crippen molar-refractivity contribution in [1.29, 1.82) is 0 Å². The van der Waals surface area contributed by atoms with Crippen LogP contribution in [0.1, 0.15) is 12.8 Å². The lowest BCUT2D eigenvalue weighted by Crippen LogP contribution is -2.16. The summed E-state index contributed by atoms with van der Waals surface area (Å²) in [7, 11) is 1.34. The molecule has 13 heavy (non-hydrogen) atoms. The number of allylic oxidation sites excluding steroid dienone is 1. The molecule has 0 heterocycles. The van der Waals surface area contributed by atoms with Gasteiger partial charge >= 0.3 is 5.97 Å². The van der Waals surface area contributed by atoms with E-state index in [0.29, 0.717) is 19.4 Å². The molecule has 5 nitrogen and oxygen atoms in total. The van der Waals surface area contributed by atoms with Gasteiger partial charge in [0, 0.05) is 11.5 Å². The molecule has 1 atom stereocenters. The summed E-state index contributed by atoms with van der Waals surface area (Å²) in [6, 6.07) is 0. The number of carbonyl (C=O) groups excluding carboxylic acids is 1. The van der Waals surface area contributed by atoms with E-state index in [-0.39, 0.29) is 11.9 Å². The number of hydrogen-bond donors (Lipinski definition) is 0. The summed E-state index contributed by atoms with van der Waals surface area (Å²) < 4.78 is 4.57.